The first-order chi connectivity index (χ1) is 8.18. The van der Waals surface area contributed by atoms with E-state index >= 15 is 0 Å². The molecule has 1 amide bonds. The Labute approximate surface area is 105 Å². The van der Waals surface area contributed by atoms with Crippen molar-refractivity contribution in [3.8, 4) is 0 Å². The Hall–Kier alpha value is -1.56. The summed E-state index contributed by atoms with van der Waals surface area (Å²) in [7, 11) is 0. The van der Waals surface area contributed by atoms with Gasteiger partial charge >= 0.3 is 0 Å². The zero-order chi connectivity index (χ0) is 12.5. The van der Waals surface area contributed by atoms with Gasteiger partial charge in [-0.05, 0) is 12.1 Å². The SMILES string of the molecule is CC(=O)NN=C(N)CCSCc1ccccn1. The molecule has 92 valence electrons. The van der Waals surface area contributed by atoms with Gasteiger partial charge in [-0.2, -0.15) is 16.9 Å². The minimum atomic E-state index is -0.214. The minimum absolute atomic E-state index is 0.214. The van der Waals surface area contributed by atoms with Gasteiger partial charge in [-0.15, -0.1) is 0 Å². The molecule has 0 aliphatic heterocycles. The third kappa shape index (κ3) is 6.57. The number of thioether (sulfide) groups is 1. The molecule has 0 unspecified atom stereocenters. The van der Waals surface area contributed by atoms with E-state index in [1.54, 1.807) is 18.0 Å². The van der Waals surface area contributed by atoms with Crippen LogP contribution in [0.4, 0.5) is 0 Å². The molecule has 0 fully saturated rings. The van der Waals surface area contributed by atoms with E-state index in [4.69, 9.17) is 5.73 Å². The fraction of sp³-hybridized carbons (Fsp3) is 0.364. The molecule has 0 radical (unpaired) electrons. The first-order valence-corrected chi connectivity index (χ1v) is 6.40. The molecule has 0 spiro atoms. The number of hydrogen-bond donors (Lipinski definition) is 2. The standard InChI is InChI=1S/C11H16N4OS/c1-9(16)14-15-11(12)5-7-17-8-10-4-2-3-6-13-10/h2-4,6H,5,7-8H2,1H3,(H2,12,15)(H,14,16). The predicted octanol–water partition coefficient (Wildman–Crippen LogP) is 1.11. The Morgan fingerprint density at radius 1 is 1.59 bits per heavy atom. The maximum absolute atomic E-state index is 10.6. The van der Waals surface area contributed by atoms with Crippen LogP contribution in [0.25, 0.3) is 0 Å². The van der Waals surface area contributed by atoms with E-state index in [-0.39, 0.29) is 5.91 Å². The average Bonchev–Trinajstić information content (AvgIpc) is 2.33. The first-order valence-electron chi connectivity index (χ1n) is 5.24. The number of amides is 1. The topological polar surface area (TPSA) is 80.4 Å². The fourth-order valence-electron chi connectivity index (χ4n) is 1.04. The van der Waals surface area contributed by atoms with Crippen molar-refractivity contribution >= 4 is 23.5 Å². The highest BCUT2D eigenvalue weighted by Crippen LogP contribution is 2.10. The van der Waals surface area contributed by atoms with Gasteiger partial charge in [0.1, 0.15) is 5.84 Å². The van der Waals surface area contributed by atoms with Gasteiger partial charge in [-0.3, -0.25) is 9.78 Å². The number of aromatic nitrogens is 1. The molecule has 0 saturated heterocycles. The van der Waals surface area contributed by atoms with E-state index in [0.717, 1.165) is 17.2 Å². The maximum Gasteiger partial charge on any atom is 0.236 e. The highest BCUT2D eigenvalue weighted by Gasteiger charge is 1.97. The number of nitrogens with zero attached hydrogens (tertiary/aromatic N) is 2. The zero-order valence-electron chi connectivity index (χ0n) is 9.72. The van der Waals surface area contributed by atoms with Crippen LogP contribution < -0.4 is 11.2 Å². The molecule has 1 rings (SSSR count). The number of nitrogens with two attached hydrogens (primary N) is 1. The average molecular weight is 252 g/mol. The van der Waals surface area contributed by atoms with Gasteiger partial charge in [0.25, 0.3) is 0 Å². The van der Waals surface area contributed by atoms with Crippen LogP contribution in [0.5, 0.6) is 0 Å². The molecule has 1 aromatic rings. The van der Waals surface area contributed by atoms with Gasteiger partial charge in [-0.1, -0.05) is 6.07 Å². The van der Waals surface area contributed by atoms with Crippen LogP contribution in [0, 0.1) is 0 Å². The van der Waals surface area contributed by atoms with Crippen LogP contribution in [-0.4, -0.2) is 22.5 Å². The van der Waals surface area contributed by atoms with Gasteiger partial charge in [0.15, 0.2) is 0 Å². The van der Waals surface area contributed by atoms with Gasteiger partial charge in [0.2, 0.25) is 5.91 Å². The zero-order valence-corrected chi connectivity index (χ0v) is 10.5. The second-order valence-electron chi connectivity index (χ2n) is 3.39. The van der Waals surface area contributed by atoms with Crippen molar-refractivity contribution in [3.63, 3.8) is 0 Å². The van der Waals surface area contributed by atoms with E-state index in [1.807, 2.05) is 18.2 Å². The summed E-state index contributed by atoms with van der Waals surface area (Å²) in [5.74, 6) is 1.93. The smallest absolute Gasteiger partial charge is 0.236 e. The first kappa shape index (κ1) is 13.5. The van der Waals surface area contributed by atoms with Crippen LogP contribution in [0.15, 0.2) is 29.5 Å². The molecule has 0 saturated carbocycles. The molecule has 1 heterocycles. The maximum atomic E-state index is 10.6. The summed E-state index contributed by atoms with van der Waals surface area (Å²) >= 11 is 1.73. The summed E-state index contributed by atoms with van der Waals surface area (Å²) in [6.07, 6.45) is 2.43. The van der Waals surface area contributed by atoms with Crippen LogP contribution in [0.1, 0.15) is 19.0 Å². The molecule has 0 atom stereocenters. The third-order valence-corrected chi connectivity index (χ3v) is 2.83. The highest BCUT2D eigenvalue weighted by molar-refractivity contribution is 7.98. The molecule has 5 nitrogen and oxygen atoms in total. The van der Waals surface area contributed by atoms with E-state index < -0.39 is 0 Å². The van der Waals surface area contributed by atoms with Crippen molar-refractivity contribution in [3.05, 3.63) is 30.1 Å². The number of carbonyl (C=O) groups excluding carboxylic acids is 1. The lowest BCUT2D eigenvalue weighted by Gasteiger charge is -2.01. The van der Waals surface area contributed by atoms with Crippen molar-refractivity contribution in [2.24, 2.45) is 10.8 Å². The molecule has 17 heavy (non-hydrogen) atoms. The van der Waals surface area contributed by atoms with Crippen LogP contribution in [0.2, 0.25) is 0 Å². The van der Waals surface area contributed by atoms with E-state index in [2.05, 4.69) is 15.5 Å². The van der Waals surface area contributed by atoms with Crippen molar-refractivity contribution in [2.45, 2.75) is 19.1 Å². The van der Waals surface area contributed by atoms with Crippen LogP contribution >= 0.6 is 11.8 Å². The molecule has 6 heteroatoms. The summed E-state index contributed by atoms with van der Waals surface area (Å²) in [5, 5.41) is 3.73. The lowest BCUT2D eigenvalue weighted by molar-refractivity contribution is -0.118. The van der Waals surface area contributed by atoms with Crippen LogP contribution in [0.3, 0.4) is 0 Å². The summed E-state index contributed by atoms with van der Waals surface area (Å²) in [6, 6.07) is 5.85. The molecule has 0 aliphatic carbocycles. The number of amidine groups is 1. The number of carbonyl (C=O) groups is 1. The summed E-state index contributed by atoms with van der Waals surface area (Å²) in [6.45, 7) is 1.40. The normalized spacial score (nSPS) is 11.2. The van der Waals surface area contributed by atoms with Gasteiger partial charge < -0.3 is 5.73 Å². The van der Waals surface area contributed by atoms with E-state index in [0.29, 0.717) is 12.3 Å². The second-order valence-corrected chi connectivity index (χ2v) is 4.50. The number of rotatable bonds is 6. The molecule has 0 bridgehead atoms. The lowest BCUT2D eigenvalue weighted by Crippen LogP contribution is -2.21. The molecular formula is C11H16N4OS. The fourth-order valence-corrected chi connectivity index (χ4v) is 1.92. The number of hydrogen-bond acceptors (Lipinski definition) is 4. The Morgan fingerprint density at radius 2 is 2.41 bits per heavy atom. The Kier molecular flexibility index (Phi) is 6.09. The monoisotopic (exact) mass is 252 g/mol. The number of pyridine rings is 1. The second kappa shape index (κ2) is 7.67. The van der Waals surface area contributed by atoms with Gasteiger partial charge in [0, 0.05) is 31.0 Å². The van der Waals surface area contributed by atoms with E-state index in [1.165, 1.54) is 6.92 Å². The predicted molar refractivity (Wildman–Crippen MR) is 70.5 cm³/mol. The van der Waals surface area contributed by atoms with Gasteiger partial charge in [-0.25, -0.2) is 5.43 Å². The van der Waals surface area contributed by atoms with Crippen molar-refractivity contribution in [1.82, 2.24) is 10.4 Å². The largest absolute Gasteiger partial charge is 0.386 e. The quantitative estimate of drug-likeness (QED) is 0.344. The third-order valence-electron chi connectivity index (χ3n) is 1.84. The minimum Gasteiger partial charge on any atom is -0.386 e. The Bertz CT molecular complexity index is 380. The highest BCUT2D eigenvalue weighted by atomic mass is 32.2. The summed E-state index contributed by atoms with van der Waals surface area (Å²) in [5.41, 5.74) is 8.96. The van der Waals surface area contributed by atoms with Gasteiger partial charge in [0.05, 0.1) is 5.69 Å². The van der Waals surface area contributed by atoms with Crippen LogP contribution in [-0.2, 0) is 10.5 Å². The van der Waals surface area contributed by atoms with E-state index in [9.17, 15) is 4.79 Å². The van der Waals surface area contributed by atoms with Crippen molar-refractivity contribution < 1.29 is 4.79 Å². The molecule has 0 aliphatic rings. The lowest BCUT2D eigenvalue weighted by atomic mass is 10.4. The van der Waals surface area contributed by atoms with Crippen molar-refractivity contribution in [1.29, 1.82) is 0 Å². The Morgan fingerprint density at radius 3 is 3.06 bits per heavy atom. The molecule has 1 aromatic heterocycles. The summed E-state index contributed by atoms with van der Waals surface area (Å²) < 4.78 is 0. The Balaban J connectivity index is 2.16. The number of nitrogens with one attached hydrogen (secondary N) is 1. The van der Waals surface area contributed by atoms with Crippen molar-refractivity contribution in [2.75, 3.05) is 5.75 Å². The molecule has 3 N–H and O–H groups in total. The molecular weight excluding hydrogens is 236 g/mol. The summed E-state index contributed by atoms with van der Waals surface area (Å²) in [4.78, 5) is 14.8. The molecule has 0 aromatic carbocycles. The number of hydrazone groups is 1.